The van der Waals surface area contributed by atoms with E-state index in [1.807, 2.05) is 0 Å². The number of hydrogen-bond donors (Lipinski definition) is 0. The maximum absolute atomic E-state index is 5.33. The zero-order valence-electron chi connectivity index (χ0n) is 6.13. The molecule has 0 saturated carbocycles. The monoisotopic (exact) mass is 144 g/mol. The molecule has 3 nitrogen and oxygen atoms in total. The maximum atomic E-state index is 5.33. The van der Waals surface area contributed by atoms with Crippen LogP contribution in [-0.2, 0) is 14.2 Å². The zero-order valence-corrected chi connectivity index (χ0v) is 6.13. The predicted octanol–water partition coefficient (Wildman–Crippen LogP) is 0.191. The standard InChI is InChI=1S/C7H12O3/c1-7(5-10-7)4-8-2-6-3-9-6/h6H,2-5H2,1H3. The molecule has 2 aliphatic rings. The normalized spacial score (nSPS) is 43.5. The van der Waals surface area contributed by atoms with Gasteiger partial charge in [0.1, 0.15) is 11.7 Å². The van der Waals surface area contributed by atoms with Gasteiger partial charge >= 0.3 is 0 Å². The molecular weight excluding hydrogens is 132 g/mol. The lowest BCUT2D eigenvalue weighted by molar-refractivity contribution is 0.0742. The molecule has 0 aliphatic carbocycles. The number of epoxide rings is 2. The highest BCUT2D eigenvalue weighted by atomic mass is 16.6. The Morgan fingerprint density at radius 2 is 2.40 bits per heavy atom. The predicted molar refractivity (Wildman–Crippen MR) is 34.9 cm³/mol. The molecule has 58 valence electrons. The van der Waals surface area contributed by atoms with Crippen LogP contribution in [0.2, 0.25) is 0 Å². The third-order valence-electron chi connectivity index (χ3n) is 1.75. The van der Waals surface area contributed by atoms with Gasteiger partial charge in [0.05, 0.1) is 26.4 Å². The Balaban J connectivity index is 1.54. The van der Waals surface area contributed by atoms with E-state index in [9.17, 15) is 0 Å². The van der Waals surface area contributed by atoms with Crippen molar-refractivity contribution in [3.63, 3.8) is 0 Å². The molecular formula is C7H12O3. The SMILES string of the molecule is CC1(COCC2CO2)CO1. The smallest absolute Gasteiger partial charge is 0.112 e. The Hall–Kier alpha value is -0.120. The van der Waals surface area contributed by atoms with Gasteiger partial charge in [-0.25, -0.2) is 0 Å². The molecule has 3 heteroatoms. The minimum Gasteiger partial charge on any atom is -0.376 e. The summed E-state index contributed by atoms with van der Waals surface area (Å²) in [5, 5.41) is 0. The van der Waals surface area contributed by atoms with Crippen LogP contribution < -0.4 is 0 Å². The van der Waals surface area contributed by atoms with Crippen molar-refractivity contribution < 1.29 is 14.2 Å². The van der Waals surface area contributed by atoms with Crippen LogP contribution in [0.3, 0.4) is 0 Å². The molecule has 0 aromatic heterocycles. The lowest BCUT2D eigenvalue weighted by atomic mass is 10.2. The fraction of sp³-hybridized carbons (Fsp3) is 1.00. The fourth-order valence-corrected chi connectivity index (χ4v) is 0.777. The topological polar surface area (TPSA) is 34.3 Å². The second-order valence-corrected chi connectivity index (χ2v) is 3.21. The average Bonchev–Trinajstić information content (AvgIpc) is 2.70. The van der Waals surface area contributed by atoms with Crippen molar-refractivity contribution in [1.82, 2.24) is 0 Å². The van der Waals surface area contributed by atoms with Crippen LogP contribution in [0.4, 0.5) is 0 Å². The van der Waals surface area contributed by atoms with Crippen LogP contribution in [0.25, 0.3) is 0 Å². The Labute approximate surface area is 60.3 Å². The summed E-state index contributed by atoms with van der Waals surface area (Å²) < 4.78 is 15.4. The van der Waals surface area contributed by atoms with Gasteiger partial charge in [0.25, 0.3) is 0 Å². The van der Waals surface area contributed by atoms with Gasteiger partial charge in [0.15, 0.2) is 0 Å². The minimum absolute atomic E-state index is 0.0366. The molecule has 10 heavy (non-hydrogen) atoms. The van der Waals surface area contributed by atoms with Gasteiger partial charge in [-0.15, -0.1) is 0 Å². The summed E-state index contributed by atoms with van der Waals surface area (Å²) in [6.07, 6.45) is 0.377. The Kier molecular flexibility index (Phi) is 1.44. The van der Waals surface area contributed by atoms with Crippen molar-refractivity contribution in [1.29, 1.82) is 0 Å². The molecule has 2 atom stereocenters. The molecule has 0 spiro atoms. The van der Waals surface area contributed by atoms with E-state index in [4.69, 9.17) is 14.2 Å². The first-order valence-corrected chi connectivity index (χ1v) is 3.62. The van der Waals surface area contributed by atoms with Gasteiger partial charge in [-0.05, 0) is 6.92 Å². The summed E-state index contributed by atoms with van der Waals surface area (Å²) in [5.41, 5.74) is 0.0366. The van der Waals surface area contributed by atoms with Gasteiger partial charge in [0, 0.05) is 0 Å². The molecule has 0 N–H and O–H groups in total. The third kappa shape index (κ3) is 1.68. The molecule has 2 aliphatic heterocycles. The molecule has 2 unspecified atom stereocenters. The van der Waals surface area contributed by atoms with Crippen molar-refractivity contribution in [3.8, 4) is 0 Å². The molecule has 2 rings (SSSR count). The van der Waals surface area contributed by atoms with Crippen molar-refractivity contribution in [3.05, 3.63) is 0 Å². The summed E-state index contributed by atoms with van der Waals surface area (Å²) in [5.74, 6) is 0. The summed E-state index contributed by atoms with van der Waals surface area (Å²) in [7, 11) is 0. The fourth-order valence-electron chi connectivity index (χ4n) is 0.777. The van der Waals surface area contributed by atoms with Crippen molar-refractivity contribution in [2.45, 2.75) is 18.6 Å². The first-order valence-electron chi connectivity index (χ1n) is 3.62. The second kappa shape index (κ2) is 2.19. The highest BCUT2D eigenvalue weighted by molar-refractivity contribution is 4.86. The minimum atomic E-state index is 0.0366. The lowest BCUT2D eigenvalue weighted by Crippen LogP contribution is -2.16. The van der Waals surface area contributed by atoms with Crippen LogP contribution >= 0.6 is 0 Å². The summed E-state index contributed by atoms with van der Waals surface area (Å²) in [6, 6.07) is 0. The highest BCUT2D eigenvalue weighted by Crippen LogP contribution is 2.26. The quantitative estimate of drug-likeness (QED) is 0.528. The second-order valence-electron chi connectivity index (χ2n) is 3.21. The Bertz CT molecular complexity index is 127. The molecule has 2 saturated heterocycles. The largest absolute Gasteiger partial charge is 0.376 e. The molecule has 0 radical (unpaired) electrons. The van der Waals surface area contributed by atoms with E-state index >= 15 is 0 Å². The van der Waals surface area contributed by atoms with E-state index in [0.29, 0.717) is 12.7 Å². The van der Waals surface area contributed by atoms with E-state index < -0.39 is 0 Å². The van der Waals surface area contributed by atoms with E-state index in [0.717, 1.165) is 19.8 Å². The van der Waals surface area contributed by atoms with Gasteiger partial charge < -0.3 is 14.2 Å². The van der Waals surface area contributed by atoms with Crippen molar-refractivity contribution in [2.24, 2.45) is 0 Å². The molecule has 0 aromatic carbocycles. The van der Waals surface area contributed by atoms with E-state index in [-0.39, 0.29) is 5.60 Å². The van der Waals surface area contributed by atoms with E-state index in [1.165, 1.54) is 0 Å². The molecule has 0 bridgehead atoms. The number of ether oxygens (including phenoxy) is 3. The summed E-state index contributed by atoms with van der Waals surface area (Å²) in [6.45, 7) is 5.22. The van der Waals surface area contributed by atoms with Gasteiger partial charge in [0.2, 0.25) is 0 Å². The maximum Gasteiger partial charge on any atom is 0.112 e. The van der Waals surface area contributed by atoms with Crippen LogP contribution in [-0.4, -0.2) is 38.1 Å². The van der Waals surface area contributed by atoms with Crippen LogP contribution in [0.5, 0.6) is 0 Å². The molecule has 2 fully saturated rings. The van der Waals surface area contributed by atoms with Crippen molar-refractivity contribution >= 4 is 0 Å². The molecule has 0 aromatic rings. The highest BCUT2D eigenvalue weighted by Gasteiger charge is 2.40. The average molecular weight is 144 g/mol. The third-order valence-corrected chi connectivity index (χ3v) is 1.75. The zero-order chi connectivity index (χ0) is 7.03. The summed E-state index contributed by atoms with van der Waals surface area (Å²) in [4.78, 5) is 0. The van der Waals surface area contributed by atoms with Crippen LogP contribution in [0.15, 0.2) is 0 Å². The number of rotatable bonds is 4. The van der Waals surface area contributed by atoms with E-state index in [1.54, 1.807) is 0 Å². The van der Waals surface area contributed by atoms with Crippen LogP contribution in [0.1, 0.15) is 6.92 Å². The summed E-state index contributed by atoms with van der Waals surface area (Å²) >= 11 is 0. The van der Waals surface area contributed by atoms with Crippen molar-refractivity contribution in [2.75, 3.05) is 26.4 Å². The van der Waals surface area contributed by atoms with Crippen LogP contribution in [0, 0.1) is 0 Å². The first kappa shape index (κ1) is 6.58. The van der Waals surface area contributed by atoms with Gasteiger partial charge in [-0.2, -0.15) is 0 Å². The molecule has 2 heterocycles. The molecule has 0 amide bonds. The Morgan fingerprint density at radius 1 is 1.70 bits per heavy atom. The Morgan fingerprint density at radius 3 is 2.90 bits per heavy atom. The lowest BCUT2D eigenvalue weighted by Gasteiger charge is -2.03. The van der Waals surface area contributed by atoms with Gasteiger partial charge in [-0.1, -0.05) is 0 Å². The van der Waals surface area contributed by atoms with Gasteiger partial charge in [-0.3, -0.25) is 0 Å². The first-order chi connectivity index (χ1) is 4.79. The number of hydrogen-bond acceptors (Lipinski definition) is 3. The van der Waals surface area contributed by atoms with E-state index in [2.05, 4.69) is 6.92 Å².